The molecule has 2 amide bonds. The van der Waals surface area contributed by atoms with Gasteiger partial charge in [0.15, 0.2) is 0 Å². The maximum atomic E-state index is 13.0. The molecule has 0 unspecified atom stereocenters. The van der Waals surface area contributed by atoms with Crippen LogP contribution in [0.1, 0.15) is 30.4 Å². The summed E-state index contributed by atoms with van der Waals surface area (Å²) in [6, 6.07) is 14.7. The highest BCUT2D eigenvalue weighted by Gasteiger charge is 2.18. The first-order valence-corrected chi connectivity index (χ1v) is 12.5. The minimum atomic E-state index is -0.621. The third kappa shape index (κ3) is 7.17. The monoisotopic (exact) mass is 497 g/mol. The average Bonchev–Trinajstić information content (AvgIpc) is 3.23. The van der Waals surface area contributed by atoms with Crippen LogP contribution in [0.15, 0.2) is 48.5 Å². The van der Waals surface area contributed by atoms with Gasteiger partial charge in [-0.2, -0.15) is 0 Å². The number of nitrogens with one attached hydrogen (secondary N) is 2. The van der Waals surface area contributed by atoms with Crippen LogP contribution in [0, 0.1) is 0 Å². The highest BCUT2D eigenvalue weighted by atomic mass is 32.1. The van der Waals surface area contributed by atoms with Crippen molar-refractivity contribution in [3.8, 4) is 5.75 Å². The van der Waals surface area contributed by atoms with E-state index in [2.05, 4.69) is 15.5 Å². The number of hydrogen-bond acceptors (Lipinski definition) is 7. The van der Waals surface area contributed by atoms with Crippen LogP contribution in [-0.4, -0.2) is 62.0 Å². The summed E-state index contributed by atoms with van der Waals surface area (Å²) in [6.45, 7) is 10.2. The number of carbonyl (C=O) groups is 2. The van der Waals surface area contributed by atoms with Gasteiger partial charge < -0.3 is 19.5 Å². The Bertz CT molecular complexity index is 1180. The van der Waals surface area contributed by atoms with Gasteiger partial charge in [-0.25, -0.2) is 4.79 Å². The number of rotatable bonds is 7. The Morgan fingerprint density at radius 1 is 1.03 bits per heavy atom. The summed E-state index contributed by atoms with van der Waals surface area (Å²) in [4.78, 5) is 28.1. The van der Waals surface area contributed by atoms with Crippen molar-refractivity contribution in [1.82, 2.24) is 4.90 Å². The lowest BCUT2D eigenvalue weighted by molar-refractivity contribution is 0.0322. The maximum Gasteiger partial charge on any atom is 0.412 e. The smallest absolute Gasteiger partial charge is 0.412 e. The van der Waals surface area contributed by atoms with E-state index in [0.717, 1.165) is 48.7 Å². The molecule has 8 nitrogen and oxygen atoms in total. The normalized spacial score (nSPS) is 14.5. The fourth-order valence-electron chi connectivity index (χ4n) is 3.64. The molecular formula is C26H31N3O5S. The fourth-order valence-corrected chi connectivity index (χ4v) is 4.58. The number of ether oxygens (including phenoxy) is 3. The number of hydrogen-bond donors (Lipinski definition) is 2. The van der Waals surface area contributed by atoms with Crippen LogP contribution in [0.5, 0.6) is 5.75 Å². The summed E-state index contributed by atoms with van der Waals surface area (Å²) >= 11 is 1.41. The Kier molecular flexibility index (Phi) is 7.90. The Balaban J connectivity index is 1.39. The van der Waals surface area contributed by atoms with Gasteiger partial charge in [0.05, 0.1) is 29.5 Å². The van der Waals surface area contributed by atoms with Crippen LogP contribution in [0.4, 0.5) is 16.2 Å². The van der Waals surface area contributed by atoms with E-state index >= 15 is 0 Å². The summed E-state index contributed by atoms with van der Waals surface area (Å²) in [5.74, 6) is 0.529. The molecule has 1 aliphatic heterocycles. The maximum absolute atomic E-state index is 13.0. The molecule has 35 heavy (non-hydrogen) atoms. The van der Waals surface area contributed by atoms with Crippen molar-refractivity contribution in [2.75, 3.05) is 50.1 Å². The Morgan fingerprint density at radius 2 is 1.74 bits per heavy atom. The zero-order valence-corrected chi connectivity index (χ0v) is 21.1. The number of thiophene rings is 1. The zero-order chi connectivity index (χ0) is 24.8. The highest BCUT2D eigenvalue weighted by Crippen LogP contribution is 2.30. The number of fused-ring (bicyclic) bond motifs is 1. The average molecular weight is 498 g/mol. The number of carbonyl (C=O) groups excluding carboxylic acids is 2. The molecule has 4 rings (SSSR count). The standard InChI is InChI=1S/C26H31N3O5S/c1-26(2,3)34-25(31)28-21-7-5-4-6-20(21)27-24(30)23-17-18-16-19(8-9-22(18)35-23)33-15-12-29-10-13-32-14-11-29/h4-9,16-17H,10-15H2,1-3H3,(H,27,30)(H,28,31). The van der Waals surface area contributed by atoms with Gasteiger partial charge in [-0.1, -0.05) is 12.1 Å². The minimum Gasteiger partial charge on any atom is -0.492 e. The van der Waals surface area contributed by atoms with Crippen molar-refractivity contribution in [2.45, 2.75) is 26.4 Å². The number of benzene rings is 2. The topological polar surface area (TPSA) is 89.1 Å². The third-order valence-electron chi connectivity index (χ3n) is 5.30. The summed E-state index contributed by atoms with van der Waals surface area (Å²) in [5.41, 5.74) is 0.338. The van der Waals surface area contributed by atoms with Gasteiger partial charge in [-0.15, -0.1) is 11.3 Å². The molecule has 186 valence electrons. The van der Waals surface area contributed by atoms with Crippen LogP contribution >= 0.6 is 11.3 Å². The Labute approximate surface area is 209 Å². The number of nitrogens with zero attached hydrogens (tertiary/aromatic N) is 1. The summed E-state index contributed by atoms with van der Waals surface area (Å²) in [6.07, 6.45) is -0.581. The van der Waals surface area contributed by atoms with E-state index in [1.165, 1.54) is 11.3 Å². The Hall–Kier alpha value is -3.14. The molecule has 9 heteroatoms. The molecule has 1 aromatic heterocycles. The van der Waals surface area contributed by atoms with Crippen molar-refractivity contribution in [3.63, 3.8) is 0 Å². The number of para-hydroxylation sites is 2. The molecule has 1 aliphatic rings. The minimum absolute atomic E-state index is 0.251. The number of morpholine rings is 1. The summed E-state index contributed by atoms with van der Waals surface area (Å²) < 4.78 is 17.6. The van der Waals surface area contributed by atoms with Crippen molar-refractivity contribution in [1.29, 1.82) is 0 Å². The van der Waals surface area contributed by atoms with Gasteiger partial charge in [-0.3, -0.25) is 15.0 Å². The molecule has 0 saturated carbocycles. The highest BCUT2D eigenvalue weighted by molar-refractivity contribution is 7.20. The van der Waals surface area contributed by atoms with Gasteiger partial charge in [0.2, 0.25) is 0 Å². The molecule has 1 saturated heterocycles. The fraction of sp³-hybridized carbons (Fsp3) is 0.385. The first-order chi connectivity index (χ1) is 16.8. The van der Waals surface area contributed by atoms with Crippen LogP contribution in [0.3, 0.4) is 0 Å². The van der Waals surface area contributed by atoms with E-state index in [1.807, 2.05) is 24.3 Å². The SMILES string of the molecule is CC(C)(C)OC(=O)Nc1ccccc1NC(=O)c1cc2cc(OCCN3CCOCC3)ccc2s1. The van der Waals surface area contributed by atoms with Crippen LogP contribution in [0.2, 0.25) is 0 Å². The van der Waals surface area contributed by atoms with E-state index in [1.54, 1.807) is 45.0 Å². The first kappa shape index (κ1) is 25.0. The first-order valence-electron chi connectivity index (χ1n) is 11.6. The predicted molar refractivity (Wildman–Crippen MR) is 139 cm³/mol. The number of anilines is 2. The summed E-state index contributed by atoms with van der Waals surface area (Å²) in [7, 11) is 0. The lowest BCUT2D eigenvalue weighted by atomic mass is 10.2. The van der Waals surface area contributed by atoms with Crippen molar-refractivity contribution >= 4 is 44.8 Å². The zero-order valence-electron chi connectivity index (χ0n) is 20.3. The second kappa shape index (κ2) is 11.1. The number of amides is 2. The van der Waals surface area contributed by atoms with Gasteiger partial charge in [0.25, 0.3) is 5.91 Å². The van der Waals surface area contributed by atoms with Crippen LogP contribution in [-0.2, 0) is 9.47 Å². The van der Waals surface area contributed by atoms with E-state index in [9.17, 15) is 9.59 Å². The summed E-state index contributed by atoms with van der Waals surface area (Å²) in [5, 5.41) is 6.55. The predicted octanol–water partition coefficient (Wildman–Crippen LogP) is 5.21. The van der Waals surface area contributed by atoms with Crippen molar-refractivity contribution < 1.29 is 23.8 Å². The van der Waals surface area contributed by atoms with Crippen molar-refractivity contribution in [3.05, 3.63) is 53.4 Å². The molecule has 0 aliphatic carbocycles. The van der Waals surface area contributed by atoms with Crippen molar-refractivity contribution in [2.24, 2.45) is 0 Å². The molecule has 2 N–H and O–H groups in total. The van der Waals surface area contributed by atoms with Gasteiger partial charge in [-0.05, 0) is 62.6 Å². The van der Waals surface area contributed by atoms with Crippen LogP contribution in [0.25, 0.3) is 10.1 Å². The largest absolute Gasteiger partial charge is 0.492 e. The van der Waals surface area contributed by atoms with Crippen LogP contribution < -0.4 is 15.4 Å². The quantitative estimate of drug-likeness (QED) is 0.466. The van der Waals surface area contributed by atoms with Gasteiger partial charge >= 0.3 is 6.09 Å². The van der Waals surface area contributed by atoms with Gasteiger partial charge in [0, 0.05) is 24.3 Å². The third-order valence-corrected chi connectivity index (χ3v) is 6.42. The van der Waals surface area contributed by atoms with E-state index in [-0.39, 0.29) is 5.91 Å². The Morgan fingerprint density at radius 3 is 2.46 bits per heavy atom. The second-order valence-electron chi connectivity index (χ2n) is 9.24. The van der Waals surface area contributed by atoms with E-state index < -0.39 is 11.7 Å². The molecule has 1 fully saturated rings. The molecule has 2 heterocycles. The molecule has 0 atom stereocenters. The molecule has 0 bridgehead atoms. The lowest BCUT2D eigenvalue weighted by Crippen LogP contribution is -2.38. The van der Waals surface area contributed by atoms with E-state index in [0.29, 0.717) is 22.9 Å². The lowest BCUT2D eigenvalue weighted by Gasteiger charge is -2.26. The molecule has 2 aromatic carbocycles. The molecular weight excluding hydrogens is 466 g/mol. The van der Waals surface area contributed by atoms with Gasteiger partial charge in [0.1, 0.15) is 18.0 Å². The molecule has 0 spiro atoms. The van der Waals surface area contributed by atoms with E-state index in [4.69, 9.17) is 14.2 Å². The molecule has 3 aromatic rings. The second-order valence-corrected chi connectivity index (χ2v) is 10.3. The molecule has 0 radical (unpaired) electrons.